The summed E-state index contributed by atoms with van der Waals surface area (Å²) in [5, 5.41) is 0. The first kappa shape index (κ1) is 17.6. The standard InChI is InChI=1S/C17H30O6/c1-11(18-5-14-8-21-14)17(4,12(2)19-6-15-9-22-15)13(3)20-7-16-10-23-16/h11-16H,5-10H2,1-4H3. The van der Waals surface area contributed by atoms with Gasteiger partial charge in [-0.15, -0.1) is 0 Å². The van der Waals surface area contributed by atoms with Crippen LogP contribution in [-0.2, 0) is 28.4 Å². The van der Waals surface area contributed by atoms with Crippen LogP contribution in [0.3, 0.4) is 0 Å². The second kappa shape index (κ2) is 7.33. The van der Waals surface area contributed by atoms with E-state index in [-0.39, 0.29) is 42.0 Å². The van der Waals surface area contributed by atoms with Gasteiger partial charge in [-0.1, -0.05) is 6.92 Å². The van der Waals surface area contributed by atoms with E-state index < -0.39 is 0 Å². The third kappa shape index (κ3) is 4.87. The van der Waals surface area contributed by atoms with Crippen molar-refractivity contribution in [3.63, 3.8) is 0 Å². The van der Waals surface area contributed by atoms with Gasteiger partial charge in [-0.2, -0.15) is 0 Å². The molecule has 3 rings (SSSR count). The van der Waals surface area contributed by atoms with Gasteiger partial charge in [0.1, 0.15) is 18.3 Å². The normalized spacial score (nSPS) is 35.2. The molecule has 6 nitrogen and oxygen atoms in total. The first-order valence-corrected chi connectivity index (χ1v) is 8.69. The molecule has 134 valence electrons. The number of hydrogen-bond donors (Lipinski definition) is 0. The average Bonchev–Trinajstić information content (AvgIpc) is 3.41. The molecule has 3 aliphatic rings. The summed E-state index contributed by atoms with van der Waals surface area (Å²) in [6, 6.07) is 0. The van der Waals surface area contributed by atoms with Crippen molar-refractivity contribution in [2.45, 2.75) is 64.3 Å². The van der Waals surface area contributed by atoms with Crippen molar-refractivity contribution < 1.29 is 28.4 Å². The van der Waals surface area contributed by atoms with Crippen molar-refractivity contribution in [2.24, 2.45) is 5.41 Å². The van der Waals surface area contributed by atoms with Gasteiger partial charge < -0.3 is 28.4 Å². The zero-order chi connectivity index (χ0) is 16.4. The molecule has 3 aliphatic heterocycles. The minimum Gasteiger partial charge on any atom is -0.375 e. The molecule has 3 fully saturated rings. The Labute approximate surface area is 138 Å². The summed E-state index contributed by atoms with van der Waals surface area (Å²) in [7, 11) is 0. The number of hydrogen-bond acceptors (Lipinski definition) is 6. The van der Waals surface area contributed by atoms with Crippen LogP contribution in [0.5, 0.6) is 0 Å². The highest BCUT2D eigenvalue weighted by atomic mass is 16.6. The van der Waals surface area contributed by atoms with Crippen molar-refractivity contribution in [3.8, 4) is 0 Å². The molecule has 0 aromatic carbocycles. The SMILES string of the molecule is CC(OCC1CO1)C(C)(C(C)OCC1CO1)C(C)OCC1CO1. The van der Waals surface area contributed by atoms with E-state index in [2.05, 4.69) is 27.7 Å². The molecule has 0 saturated carbocycles. The Bertz CT molecular complexity index is 322. The summed E-state index contributed by atoms with van der Waals surface area (Å²) in [6.07, 6.45) is 0.766. The maximum absolute atomic E-state index is 6.07. The largest absolute Gasteiger partial charge is 0.375 e. The average molecular weight is 330 g/mol. The molecular formula is C17H30O6. The topological polar surface area (TPSA) is 65.3 Å². The summed E-state index contributed by atoms with van der Waals surface area (Å²) in [5.41, 5.74) is -0.265. The van der Waals surface area contributed by atoms with Gasteiger partial charge in [-0.05, 0) is 20.8 Å². The predicted molar refractivity (Wildman–Crippen MR) is 83.6 cm³/mol. The van der Waals surface area contributed by atoms with Crippen LogP contribution in [0.4, 0.5) is 0 Å². The number of ether oxygens (including phenoxy) is 6. The minimum atomic E-state index is -0.265. The Morgan fingerprint density at radius 3 is 1.22 bits per heavy atom. The molecule has 0 radical (unpaired) electrons. The minimum absolute atomic E-state index is 0.00283. The highest BCUT2D eigenvalue weighted by molar-refractivity contribution is 4.93. The van der Waals surface area contributed by atoms with Crippen molar-refractivity contribution in [1.82, 2.24) is 0 Å². The van der Waals surface area contributed by atoms with Crippen molar-refractivity contribution in [3.05, 3.63) is 0 Å². The summed E-state index contributed by atoms with van der Waals surface area (Å²) in [5.74, 6) is 0. The highest BCUT2D eigenvalue weighted by Gasteiger charge is 2.45. The van der Waals surface area contributed by atoms with Crippen LogP contribution < -0.4 is 0 Å². The number of rotatable bonds is 12. The fourth-order valence-corrected chi connectivity index (χ4v) is 2.78. The smallest absolute Gasteiger partial charge is 0.104 e. The molecule has 3 heterocycles. The van der Waals surface area contributed by atoms with Crippen LogP contribution in [0.25, 0.3) is 0 Å². The van der Waals surface area contributed by atoms with E-state index in [1.807, 2.05) is 0 Å². The van der Waals surface area contributed by atoms with Gasteiger partial charge in [0.15, 0.2) is 0 Å². The molecule has 0 aromatic rings. The van der Waals surface area contributed by atoms with E-state index in [4.69, 9.17) is 28.4 Å². The summed E-state index contributed by atoms with van der Waals surface area (Å²) >= 11 is 0. The Balaban J connectivity index is 1.57. The lowest BCUT2D eigenvalue weighted by atomic mass is 9.75. The maximum atomic E-state index is 6.07. The Hall–Kier alpha value is -0.240. The van der Waals surface area contributed by atoms with Crippen LogP contribution in [-0.4, -0.2) is 76.3 Å². The van der Waals surface area contributed by atoms with Crippen molar-refractivity contribution in [1.29, 1.82) is 0 Å². The van der Waals surface area contributed by atoms with E-state index in [0.717, 1.165) is 19.8 Å². The molecule has 6 atom stereocenters. The molecule has 0 amide bonds. The van der Waals surface area contributed by atoms with Crippen LogP contribution in [0.15, 0.2) is 0 Å². The quantitative estimate of drug-likeness (QED) is 0.504. The molecule has 0 aliphatic carbocycles. The Kier molecular flexibility index (Phi) is 5.61. The van der Waals surface area contributed by atoms with Crippen LogP contribution in [0, 0.1) is 5.41 Å². The molecule has 0 N–H and O–H groups in total. The zero-order valence-electron chi connectivity index (χ0n) is 14.7. The van der Waals surface area contributed by atoms with E-state index in [1.54, 1.807) is 0 Å². The molecule has 0 aromatic heterocycles. The van der Waals surface area contributed by atoms with Gasteiger partial charge in [0.2, 0.25) is 0 Å². The fourth-order valence-electron chi connectivity index (χ4n) is 2.78. The van der Waals surface area contributed by atoms with E-state index in [0.29, 0.717) is 19.8 Å². The monoisotopic (exact) mass is 330 g/mol. The van der Waals surface area contributed by atoms with Crippen LogP contribution in [0.2, 0.25) is 0 Å². The fraction of sp³-hybridized carbons (Fsp3) is 1.00. The lowest BCUT2D eigenvalue weighted by Gasteiger charge is -2.44. The first-order chi connectivity index (χ1) is 11.0. The molecule has 6 unspecified atom stereocenters. The van der Waals surface area contributed by atoms with E-state index in [9.17, 15) is 0 Å². The predicted octanol–water partition coefficient (Wildman–Crippen LogP) is 1.40. The van der Waals surface area contributed by atoms with Gasteiger partial charge in [0.25, 0.3) is 0 Å². The summed E-state index contributed by atoms with van der Waals surface area (Å²) in [4.78, 5) is 0. The molecule has 0 bridgehead atoms. The van der Waals surface area contributed by atoms with E-state index >= 15 is 0 Å². The summed E-state index contributed by atoms with van der Waals surface area (Å²) in [6.45, 7) is 12.8. The van der Waals surface area contributed by atoms with Gasteiger partial charge in [0.05, 0.1) is 58.0 Å². The Morgan fingerprint density at radius 1 is 0.739 bits per heavy atom. The van der Waals surface area contributed by atoms with Crippen LogP contribution in [0.1, 0.15) is 27.7 Å². The third-order valence-corrected chi connectivity index (χ3v) is 5.43. The van der Waals surface area contributed by atoms with Crippen molar-refractivity contribution in [2.75, 3.05) is 39.6 Å². The van der Waals surface area contributed by atoms with Crippen molar-refractivity contribution >= 4 is 0 Å². The molecular weight excluding hydrogens is 300 g/mol. The molecule has 3 saturated heterocycles. The van der Waals surface area contributed by atoms with E-state index in [1.165, 1.54) is 0 Å². The molecule has 0 spiro atoms. The Morgan fingerprint density at radius 2 is 1.00 bits per heavy atom. The lowest BCUT2D eigenvalue weighted by Crippen LogP contribution is -2.52. The van der Waals surface area contributed by atoms with Gasteiger partial charge >= 0.3 is 0 Å². The van der Waals surface area contributed by atoms with Crippen LogP contribution >= 0.6 is 0 Å². The molecule has 23 heavy (non-hydrogen) atoms. The van der Waals surface area contributed by atoms with Gasteiger partial charge in [-0.3, -0.25) is 0 Å². The van der Waals surface area contributed by atoms with Gasteiger partial charge in [0, 0.05) is 5.41 Å². The first-order valence-electron chi connectivity index (χ1n) is 8.69. The van der Waals surface area contributed by atoms with Gasteiger partial charge in [-0.25, -0.2) is 0 Å². The third-order valence-electron chi connectivity index (χ3n) is 5.43. The highest BCUT2D eigenvalue weighted by Crippen LogP contribution is 2.37. The number of epoxide rings is 3. The molecule has 6 heteroatoms. The maximum Gasteiger partial charge on any atom is 0.104 e. The summed E-state index contributed by atoms with van der Waals surface area (Å²) < 4.78 is 34.0. The lowest BCUT2D eigenvalue weighted by molar-refractivity contribution is -0.169. The second-order valence-corrected chi connectivity index (χ2v) is 7.16. The zero-order valence-corrected chi connectivity index (χ0v) is 14.7. The second-order valence-electron chi connectivity index (χ2n) is 7.16.